The van der Waals surface area contributed by atoms with Gasteiger partial charge in [-0.15, -0.1) is 11.8 Å². The first-order chi connectivity index (χ1) is 9.08. The molecule has 2 N–H and O–H groups in total. The number of hydrogen-bond donors (Lipinski definition) is 2. The molecule has 5 nitrogen and oxygen atoms in total. The van der Waals surface area contributed by atoms with Crippen molar-refractivity contribution in [3.8, 4) is 0 Å². The van der Waals surface area contributed by atoms with Gasteiger partial charge in [0.05, 0.1) is 5.04 Å². The van der Waals surface area contributed by atoms with Gasteiger partial charge >= 0.3 is 5.97 Å². The maximum Gasteiger partial charge on any atom is 0.325 e. The van der Waals surface area contributed by atoms with Gasteiger partial charge in [0.25, 0.3) is 0 Å². The number of nitrogens with zero attached hydrogens (tertiary/aromatic N) is 1. The molecule has 0 saturated heterocycles. The maximum absolute atomic E-state index is 11.8. The molecule has 1 aliphatic rings. The minimum atomic E-state index is -1.05. The van der Waals surface area contributed by atoms with E-state index in [1.54, 1.807) is 0 Å². The highest BCUT2D eigenvalue weighted by atomic mass is 32.2. The van der Waals surface area contributed by atoms with Gasteiger partial charge in [0.15, 0.2) is 0 Å². The van der Waals surface area contributed by atoms with Crippen molar-refractivity contribution in [1.29, 1.82) is 0 Å². The molecule has 6 heteroatoms. The van der Waals surface area contributed by atoms with Gasteiger partial charge in [-0.05, 0) is 6.92 Å². The van der Waals surface area contributed by atoms with Crippen molar-refractivity contribution in [3.05, 3.63) is 35.9 Å². The van der Waals surface area contributed by atoms with Crippen LogP contribution < -0.4 is 5.32 Å². The molecular weight excluding hydrogens is 264 g/mol. The van der Waals surface area contributed by atoms with Crippen LogP contribution in [0, 0.1) is 0 Å². The molecule has 2 atom stereocenters. The first-order valence-corrected chi connectivity index (χ1v) is 6.85. The normalized spacial score (nSPS) is 19.6. The van der Waals surface area contributed by atoms with Gasteiger partial charge in [-0.3, -0.25) is 14.6 Å². The zero-order valence-electron chi connectivity index (χ0n) is 10.4. The summed E-state index contributed by atoms with van der Waals surface area (Å²) < 4.78 is 0. The predicted octanol–water partition coefficient (Wildman–Crippen LogP) is 1.14. The molecular formula is C13H14N2O3S. The van der Waals surface area contributed by atoms with Gasteiger partial charge in [0.2, 0.25) is 5.91 Å². The van der Waals surface area contributed by atoms with Crippen LogP contribution in [-0.2, 0) is 9.59 Å². The molecule has 19 heavy (non-hydrogen) atoms. The molecule has 0 aliphatic carbocycles. The molecule has 0 saturated carbocycles. The SMILES string of the molecule is C[C@@H](NC(=O)[C@@H]1CSC(c2ccccc2)=N1)C(=O)O. The first kappa shape index (κ1) is 13.6. The molecule has 1 aromatic rings. The van der Waals surface area contributed by atoms with Crippen molar-refractivity contribution in [2.24, 2.45) is 4.99 Å². The average Bonchev–Trinajstić information content (AvgIpc) is 2.89. The monoisotopic (exact) mass is 278 g/mol. The lowest BCUT2D eigenvalue weighted by atomic mass is 10.2. The largest absolute Gasteiger partial charge is 0.480 e. The Hall–Kier alpha value is -1.82. The summed E-state index contributed by atoms with van der Waals surface area (Å²) >= 11 is 1.51. The number of carboxylic acid groups (broad SMARTS) is 1. The Labute approximate surface area is 115 Å². The van der Waals surface area contributed by atoms with Gasteiger partial charge in [0, 0.05) is 11.3 Å². The van der Waals surface area contributed by atoms with Crippen molar-refractivity contribution in [3.63, 3.8) is 0 Å². The zero-order chi connectivity index (χ0) is 13.8. The summed E-state index contributed by atoms with van der Waals surface area (Å²) in [4.78, 5) is 26.9. The second kappa shape index (κ2) is 5.88. The van der Waals surface area contributed by atoms with Crippen molar-refractivity contribution >= 4 is 28.7 Å². The van der Waals surface area contributed by atoms with E-state index in [0.29, 0.717) is 5.75 Å². The number of nitrogens with one attached hydrogen (secondary N) is 1. The molecule has 0 aromatic heterocycles. The maximum atomic E-state index is 11.8. The van der Waals surface area contributed by atoms with Gasteiger partial charge in [0.1, 0.15) is 12.1 Å². The van der Waals surface area contributed by atoms with E-state index < -0.39 is 18.1 Å². The number of benzene rings is 1. The summed E-state index contributed by atoms with van der Waals surface area (Å²) in [5.74, 6) is -0.845. The van der Waals surface area contributed by atoms with Crippen molar-refractivity contribution < 1.29 is 14.7 Å². The highest BCUT2D eigenvalue weighted by Crippen LogP contribution is 2.23. The molecule has 0 unspecified atom stereocenters. The van der Waals surface area contributed by atoms with Crippen LogP contribution in [0.5, 0.6) is 0 Å². The van der Waals surface area contributed by atoms with Crippen LogP contribution in [0.4, 0.5) is 0 Å². The first-order valence-electron chi connectivity index (χ1n) is 5.87. The second-order valence-electron chi connectivity index (χ2n) is 4.20. The molecule has 0 fully saturated rings. The number of hydrogen-bond acceptors (Lipinski definition) is 4. The predicted molar refractivity (Wildman–Crippen MR) is 74.5 cm³/mol. The van der Waals surface area contributed by atoms with Gasteiger partial charge in [-0.1, -0.05) is 30.3 Å². The average molecular weight is 278 g/mol. The van der Waals surface area contributed by atoms with Crippen molar-refractivity contribution in [2.75, 3.05) is 5.75 Å². The quantitative estimate of drug-likeness (QED) is 0.865. The number of rotatable bonds is 4. The van der Waals surface area contributed by atoms with E-state index >= 15 is 0 Å². The molecule has 1 amide bonds. The van der Waals surface area contributed by atoms with Crippen LogP contribution >= 0.6 is 11.8 Å². The molecule has 1 aliphatic heterocycles. The third-order valence-corrected chi connectivity index (χ3v) is 3.80. The fraction of sp³-hybridized carbons (Fsp3) is 0.308. The smallest absolute Gasteiger partial charge is 0.325 e. The molecule has 0 spiro atoms. The van der Waals surface area contributed by atoms with Crippen LogP contribution in [0.15, 0.2) is 35.3 Å². The molecule has 1 heterocycles. The topological polar surface area (TPSA) is 78.8 Å². The van der Waals surface area contributed by atoms with Gasteiger partial charge in [-0.25, -0.2) is 0 Å². The Morgan fingerprint density at radius 3 is 2.74 bits per heavy atom. The van der Waals surface area contributed by atoms with E-state index in [0.717, 1.165) is 10.6 Å². The van der Waals surface area contributed by atoms with Gasteiger partial charge in [-0.2, -0.15) is 0 Å². The highest BCUT2D eigenvalue weighted by molar-refractivity contribution is 8.14. The van der Waals surface area contributed by atoms with Crippen LogP contribution in [-0.4, -0.2) is 39.9 Å². The number of amides is 1. The van der Waals surface area contributed by atoms with Gasteiger partial charge < -0.3 is 10.4 Å². The minimum Gasteiger partial charge on any atom is -0.480 e. The fourth-order valence-corrected chi connectivity index (χ4v) is 2.66. The second-order valence-corrected chi connectivity index (χ2v) is 5.20. The summed E-state index contributed by atoms with van der Waals surface area (Å²) in [7, 11) is 0. The van der Waals surface area contributed by atoms with E-state index in [9.17, 15) is 9.59 Å². The van der Waals surface area contributed by atoms with E-state index in [-0.39, 0.29) is 5.91 Å². The zero-order valence-corrected chi connectivity index (χ0v) is 11.2. The summed E-state index contributed by atoms with van der Waals surface area (Å²) in [6, 6.07) is 8.22. The Morgan fingerprint density at radius 1 is 1.42 bits per heavy atom. The van der Waals surface area contributed by atoms with E-state index in [2.05, 4.69) is 10.3 Å². The van der Waals surface area contributed by atoms with Crippen molar-refractivity contribution in [2.45, 2.75) is 19.0 Å². The highest BCUT2D eigenvalue weighted by Gasteiger charge is 2.27. The Kier molecular flexibility index (Phi) is 4.21. The van der Waals surface area contributed by atoms with Crippen LogP contribution in [0.25, 0.3) is 0 Å². The number of aliphatic imine (C=N–C) groups is 1. The van der Waals surface area contributed by atoms with E-state index in [4.69, 9.17) is 5.11 Å². The number of carbonyl (C=O) groups is 2. The minimum absolute atomic E-state index is 0.340. The summed E-state index contributed by atoms with van der Waals surface area (Å²) in [5, 5.41) is 12.0. The lowest BCUT2D eigenvalue weighted by molar-refractivity contribution is -0.141. The summed E-state index contributed by atoms with van der Waals surface area (Å²) in [6.45, 7) is 1.43. The number of aliphatic carboxylic acids is 1. The van der Waals surface area contributed by atoms with E-state index in [1.165, 1.54) is 18.7 Å². The molecule has 0 radical (unpaired) electrons. The van der Waals surface area contributed by atoms with E-state index in [1.807, 2.05) is 30.3 Å². The van der Waals surface area contributed by atoms with Crippen LogP contribution in [0.3, 0.4) is 0 Å². The Bertz CT molecular complexity index is 516. The third-order valence-electron chi connectivity index (χ3n) is 2.70. The lowest BCUT2D eigenvalue weighted by Gasteiger charge is -2.11. The number of carboxylic acids is 1. The third kappa shape index (κ3) is 3.35. The van der Waals surface area contributed by atoms with Crippen molar-refractivity contribution in [1.82, 2.24) is 5.32 Å². The standard InChI is InChI=1S/C13H14N2O3S/c1-8(13(17)18)14-11(16)10-7-19-12(15-10)9-5-3-2-4-6-9/h2-6,8,10H,7H2,1H3,(H,14,16)(H,17,18)/t8-,10+/m1/s1. The van der Waals surface area contributed by atoms with Crippen LogP contribution in [0.1, 0.15) is 12.5 Å². The summed E-state index contributed by atoms with van der Waals surface area (Å²) in [5.41, 5.74) is 0.981. The summed E-state index contributed by atoms with van der Waals surface area (Å²) in [6.07, 6.45) is 0. The lowest BCUT2D eigenvalue weighted by Crippen LogP contribution is -2.43. The molecule has 2 rings (SSSR count). The number of carbonyl (C=O) groups excluding carboxylic acids is 1. The fourth-order valence-electron chi connectivity index (χ4n) is 1.62. The Morgan fingerprint density at radius 2 is 2.11 bits per heavy atom. The van der Waals surface area contributed by atoms with Crippen LogP contribution in [0.2, 0.25) is 0 Å². The Balaban J connectivity index is 2.03. The molecule has 1 aromatic carbocycles. The number of thioether (sulfide) groups is 1. The molecule has 0 bridgehead atoms. The molecule has 100 valence electrons.